The van der Waals surface area contributed by atoms with Crippen molar-refractivity contribution in [3.63, 3.8) is 0 Å². The predicted molar refractivity (Wildman–Crippen MR) is 86.3 cm³/mol. The molecule has 0 atom stereocenters. The fourth-order valence-corrected chi connectivity index (χ4v) is 2.41. The summed E-state index contributed by atoms with van der Waals surface area (Å²) in [5, 5.41) is 0.589. The highest BCUT2D eigenvalue weighted by Gasteiger charge is 2.10. The number of benzene rings is 2. The molecule has 0 saturated heterocycles. The number of hydrogen-bond acceptors (Lipinski definition) is 2. The molecule has 20 heavy (non-hydrogen) atoms. The van der Waals surface area contributed by atoms with Crippen molar-refractivity contribution in [2.45, 2.75) is 6.54 Å². The summed E-state index contributed by atoms with van der Waals surface area (Å²) in [6, 6.07) is 15.2. The first-order chi connectivity index (χ1) is 9.54. The molecule has 0 aliphatic rings. The zero-order valence-electron chi connectivity index (χ0n) is 11.1. The summed E-state index contributed by atoms with van der Waals surface area (Å²) in [6.07, 6.45) is 0. The third-order valence-corrected chi connectivity index (χ3v) is 3.69. The lowest BCUT2D eigenvalue weighted by Gasteiger charge is -2.16. The van der Waals surface area contributed by atoms with Crippen molar-refractivity contribution in [1.82, 2.24) is 4.90 Å². The standard InChI is InChI=1S/C16H15BrClNO/c1-19(10-12-5-7-14(17)8-6-12)11-16(20)13-3-2-4-15(18)9-13/h2-9H,10-11H2,1H3. The maximum Gasteiger partial charge on any atom is 0.176 e. The van der Waals surface area contributed by atoms with Crippen molar-refractivity contribution in [3.8, 4) is 0 Å². The lowest BCUT2D eigenvalue weighted by atomic mass is 10.1. The fraction of sp³-hybridized carbons (Fsp3) is 0.188. The Kier molecular flexibility index (Phi) is 5.35. The maximum atomic E-state index is 12.1. The number of likely N-dealkylation sites (N-methyl/N-ethyl adjacent to an activating group) is 1. The second-order valence-electron chi connectivity index (χ2n) is 4.73. The van der Waals surface area contributed by atoms with Gasteiger partial charge in [-0.05, 0) is 36.9 Å². The van der Waals surface area contributed by atoms with Crippen LogP contribution in [-0.2, 0) is 6.54 Å². The molecular weight excluding hydrogens is 338 g/mol. The average molecular weight is 353 g/mol. The van der Waals surface area contributed by atoms with E-state index in [9.17, 15) is 4.79 Å². The van der Waals surface area contributed by atoms with E-state index in [0.717, 1.165) is 11.0 Å². The van der Waals surface area contributed by atoms with Gasteiger partial charge in [0.2, 0.25) is 0 Å². The summed E-state index contributed by atoms with van der Waals surface area (Å²) in [5.74, 6) is 0.0760. The van der Waals surface area contributed by atoms with Gasteiger partial charge in [0.25, 0.3) is 0 Å². The summed E-state index contributed by atoms with van der Waals surface area (Å²) in [6.45, 7) is 1.11. The molecule has 0 amide bonds. The molecule has 0 heterocycles. The van der Waals surface area contributed by atoms with Gasteiger partial charge in [0, 0.05) is 21.6 Å². The van der Waals surface area contributed by atoms with Crippen LogP contribution in [0.1, 0.15) is 15.9 Å². The van der Waals surface area contributed by atoms with Crippen LogP contribution >= 0.6 is 27.5 Å². The van der Waals surface area contributed by atoms with Crippen LogP contribution in [0.4, 0.5) is 0 Å². The quantitative estimate of drug-likeness (QED) is 0.743. The molecule has 0 aromatic heterocycles. The van der Waals surface area contributed by atoms with E-state index in [4.69, 9.17) is 11.6 Å². The van der Waals surface area contributed by atoms with E-state index in [1.807, 2.05) is 36.2 Å². The third-order valence-electron chi connectivity index (χ3n) is 2.93. The number of ketones is 1. The van der Waals surface area contributed by atoms with Crippen molar-refractivity contribution in [1.29, 1.82) is 0 Å². The van der Waals surface area contributed by atoms with E-state index in [0.29, 0.717) is 17.1 Å². The summed E-state index contributed by atoms with van der Waals surface area (Å²) in [7, 11) is 1.94. The lowest BCUT2D eigenvalue weighted by Crippen LogP contribution is -2.25. The zero-order valence-corrected chi connectivity index (χ0v) is 13.5. The minimum atomic E-state index is 0.0760. The number of hydrogen-bond donors (Lipinski definition) is 0. The molecular formula is C16H15BrClNO. The van der Waals surface area contributed by atoms with Gasteiger partial charge in [-0.1, -0.05) is 51.8 Å². The second-order valence-corrected chi connectivity index (χ2v) is 6.08. The van der Waals surface area contributed by atoms with E-state index >= 15 is 0 Å². The van der Waals surface area contributed by atoms with Gasteiger partial charge in [-0.15, -0.1) is 0 Å². The normalized spacial score (nSPS) is 10.8. The zero-order chi connectivity index (χ0) is 14.5. The fourth-order valence-electron chi connectivity index (χ4n) is 1.96. The first-order valence-electron chi connectivity index (χ1n) is 6.26. The molecule has 0 spiro atoms. The molecule has 0 radical (unpaired) electrons. The van der Waals surface area contributed by atoms with Crippen molar-refractivity contribution < 1.29 is 4.79 Å². The molecule has 0 bridgehead atoms. The molecule has 0 N–H and O–H groups in total. The highest BCUT2D eigenvalue weighted by molar-refractivity contribution is 9.10. The van der Waals surface area contributed by atoms with Gasteiger partial charge < -0.3 is 0 Å². The van der Waals surface area contributed by atoms with Crippen LogP contribution in [0.15, 0.2) is 53.0 Å². The first kappa shape index (κ1) is 15.2. The molecule has 2 aromatic carbocycles. The van der Waals surface area contributed by atoms with Crippen LogP contribution < -0.4 is 0 Å². The van der Waals surface area contributed by atoms with Gasteiger partial charge in [-0.3, -0.25) is 9.69 Å². The average Bonchev–Trinajstić information content (AvgIpc) is 2.41. The maximum absolute atomic E-state index is 12.1. The summed E-state index contributed by atoms with van der Waals surface area (Å²) in [5.41, 5.74) is 1.83. The van der Waals surface area contributed by atoms with Gasteiger partial charge >= 0.3 is 0 Å². The van der Waals surface area contributed by atoms with Gasteiger partial charge in [0.15, 0.2) is 5.78 Å². The van der Waals surface area contributed by atoms with E-state index in [1.54, 1.807) is 24.3 Å². The minimum absolute atomic E-state index is 0.0760. The van der Waals surface area contributed by atoms with Crippen LogP contribution in [0.2, 0.25) is 5.02 Å². The van der Waals surface area contributed by atoms with Crippen LogP contribution in [0, 0.1) is 0 Å². The SMILES string of the molecule is CN(CC(=O)c1cccc(Cl)c1)Cc1ccc(Br)cc1. The molecule has 2 aromatic rings. The summed E-state index contributed by atoms with van der Waals surface area (Å²) in [4.78, 5) is 14.1. The highest BCUT2D eigenvalue weighted by atomic mass is 79.9. The predicted octanol–water partition coefficient (Wildman–Crippen LogP) is 4.42. The molecule has 2 nitrogen and oxygen atoms in total. The molecule has 0 aliphatic carbocycles. The largest absolute Gasteiger partial charge is 0.295 e. The molecule has 2 rings (SSSR count). The molecule has 0 fully saturated rings. The van der Waals surface area contributed by atoms with Crippen LogP contribution in [0.25, 0.3) is 0 Å². The monoisotopic (exact) mass is 351 g/mol. The molecule has 0 unspecified atom stereocenters. The van der Waals surface area contributed by atoms with Gasteiger partial charge in [0.05, 0.1) is 6.54 Å². The van der Waals surface area contributed by atoms with Gasteiger partial charge in [-0.2, -0.15) is 0 Å². The Morgan fingerprint density at radius 3 is 2.55 bits per heavy atom. The Balaban J connectivity index is 1.95. The van der Waals surface area contributed by atoms with E-state index in [2.05, 4.69) is 15.9 Å². The van der Waals surface area contributed by atoms with Crippen LogP contribution in [-0.4, -0.2) is 24.3 Å². The third kappa shape index (κ3) is 4.44. The number of nitrogens with zero attached hydrogens (tertiary/aromatic N) is 1. The van der Waals surface area contributed by atoms with Gasteiger partial charge in [-0.25, -0.2) is 0 Å². The number of rotatable bonds is 5. The minimum Gasteiger partial charge on any atom is -0.295 e. The lowest BCUT2D eigenvalue weighted by molar-refractivity contribution is 0.0943. The van der Waals surface area contributed by atoms with Crippen LogP contribution in [0.5, 0.6) is 0 Å². The number of carbonyl (C=O) groups is 1. The van der Waals surface area contributed by atoms with Gasteiger partial charge in [0.1, 0.15) is 0 Å². The van der Waals surface area contributed by atoms with Crippen molar-refractivity contribution >= 4 is 33.3 Å². The van der Waals surface area contributed by atoms with Crippen LogP contribution in [0.3, 0.4) is 0 Å². The summed E-state index contributed by atoms with van der Waals surface area (Å²) < 4.78 is 1.05. The Morgan fingerprint density at radius 1 is 1.20 bits per heavy atom. The van der Waals surface area contributed by atoms with E-state index < -0.39 is 0 Å². The summed E-state index contributed by atoms with van der Waals surface area (Å²) >= 11 is 9.31. The number of carbonyl (C=O) groups excluding carboxylic acids is 1. The smallest absolute Gasteiger partial charge is 0.176 e. The van der Waals surface area contributed by atoms with Crippen molar-refractivity contribution in [2.24, 2.45) is 0 Å². The Bertz CT molecular complexity index is 598. The molecule has 0 saturated carbocycles. The van der Waals surface area contributed by atoms with E-state index in [1.165, 1.54) is 5.56 Å². The molecule has 4 heteroatoms. The topological polar surface area (TPSA) is 20.3 Å². The van der Waals surface area contributed by atoms with Crippen molar-refractivity contribution in [2.75, 3.05) is 13.6 Å². The molecule has 0 aliphatic heterocycles. The first-order valence-corrected chi connectivity index (χ1v) is 7.43. The Labute approximate surface area is 132 Å². The Morgan fingerprint density at radius 2 is 1.90 bits per heavy atom. The van der Waals surface area contributed by atoms with Crippen molar-refractivity contribution in [3.05, 3.63) is 69.2 Å². The number of halogens is 2. The van der Waals surface area contributed by atoms with E-state index in [-0.39, 0.29) is 5.78 Å². The Hall–Kier alpha value is -1.16. The number of Topliss-reactive ketones (excluding diaryl/α,β-unsaturated/α-hetero) is 1. The highest BCUT2D eigenvalue weighted by Crippen LogP contribution is 2.13. The molecule has 104 valence electrons. The second kappa shape index (κ2) is 7.02.